The number of hydrogen-bond acceptors (Lipinski definition) is 5. The van der Waals surface area contributed by atoms with Gasteiger partial charge in [0.25, 0.3) is 15.9 Å². The zero-order valence-corrected chi connectivity index (χ0v) is 18.6. The smallest absolute Gasteiger partial charge is 0.264 e. The van der Waals surface area contributed by atoms with Gasteiger partial charge in [0, 0.05) is 5.02 Å². The first-order chi connectivity index (χ1) is 15.4. The summed E-state index contributed by atoms with van der Waals surface area (Å²) in [5.74, 6) is 0.537. The molecule has 1 aliphatic rings. The second-order valence-electron chi connectivity index (χ2n) is 7.02. The van der Waals surface area contributed by atoms with Gasteiger partial charge >= 0.3 is 0 Å². The van der Waals surface area contributed by atoms with E-state index in [-0.39, 0.29) is 24.6 Å². The number of nitrogens with zero attached hydrogens (tertiary/aromatic N) is 1. The van der Waals surface area contributed by atoms with Crippen molar-refractivity contribution < 1.29 is 22.7 Å². The van der Waals surface area contributed by atoms with Crippen LogP contribution in [-0.4, -0.2) is 40.1 Å². The van der Waals surface area contributed by atoms with Gasteiger partial charge in [-0.25, -0.2) is 8.42 Å². The van der Waals surface area contributed by atoms with Gasteiger partial charge in [0.1, 0.15) is 18.1 Å². The summed E-state index contributed by atoms with van der Waals surface area (Å²) in [6.07, 6.45) is -1.00. The number of fused-ring (bicyclic) bond motifs is 1. The number of sulfonamides is 1. The van der Waals surface area contributed by atoms with Gasteiger partial charge in [-0.2, -0.15) is 0 Å². The highest BCUT2D eigenvalue weighted by Crippen LogP contribution is 2.36. The predicted molar refractivity (Wildman–Crippen MR) is 122 cm³/mol. The Balaban J connectivity index is 1.45. The molecule has 0 aromatic heterocycles. The summed E-state index contributed by atoms with van der Waals surface area (Å²) in [6.45, 7) is 0.329. The zero-order valence-electron chi connectivity index (χ0n) is 17.0. The molecule has 1 unspecified atom stereocenters. The van der Waals surface area contributed by atoms with E-state index in [1.54, 1.807) is 66.7 Å². The molecule has 1 atom stereocenters. The summed E-state index contributed by atoms with van der Waals surface area (Å²) in [4.78, 5) is 12.9. The van der Waals surface area contributed by atoms with Gasteiger partial charge in [-0.15, -0.1) is 0 Å². The van der Waals surface area contributed by atoms with Crippen LogP contribution in [0.1, 0.15) is 0 Å². The van der Waals surface area contributed by atoms with Gasteiger partial charge < -0.3 is 14.8 Å². The van der Waals surface area contributed by atoms with Crippen LogP contribution in [0.4, 0.5) is 5.69 Å². The molecule has 166 valence electrons. The minimum atomic E-state index is -3.87. The Kier molecular flexibility index (Phi) is 6.53. The third-order valence-corrected chi connectivity index (χ3v) is 6.89. The Morgan fingerprint density at radius 2 is 1.72 bits per heavy atom. The lowest BCUT2D eigenvalue weighted by Gasteiger charge is -2.34. The van der Waals surface area contributed by atoms with Crippen LogP contribution in [0, 0.1) is 0 Å². The molecule has 3 aromatic rings. The average molecular weight is 473 g/mol. The van der Waals surface area contributed by atoms with Crippen molar-refractivity contribution in [2.24, 2.45) is 0 Å². The van der Waals surface area contributed by atoms with Gasteiger partial charge in [-0.3, -0.25) is 9.10 Å². The van der Waals surface area contributed by atoms with E-state index in [2.05, 4.69) is 5.32 Å². The maximum Gasteiger partial charge on any atom is 0.264 e. The number of amides is 1. The van der Waals surface area contributed by atoms with Crippen molar-refractivity contribution in [3.05, 3.63) is 83.9 Å². The topological polar surface area (TPSA) is 84.9 Å². The molecule has 7 nitrogen and oxygen atoms in total. The minimum absolute atomic E-state index is 0.141. The van der Waals surface area contributed by atoms with E-state index in [0.717, 1.165) is 0 Å². The van der Waals surface area contributed by atoms with Crippen molar-refractivity contribution in [2.45, 2.75) is 11.0 Å². The number of para-hydroxylation sites is 2. The Morgan fingerprint density at radius 1 is 1.03 bits per heavy atom. The molecule has 3 aromatic carbocycles. The lowest BCUT2D eigenvalue weighted by molar-refractivity contribution is -0.127. The maximum atomic E-state index is 13.3. The summed E-state index contributed by atoms with van der Waals surface area (Å²) in [6, 6.07) is 21.8. The number of halogens is 1. The van der Waals surface area contributed by atoms with Crippen LogP contribution in [0.25, 0.3) is 0 Å². The van der Waals surface area contributed by atoms with Crippen LogP contribution in [0.15, 0.2) is 83.8 Å². The van der Waals surface area contributed by atoms with Crippen LogP contribution < -0.4 is 19.1 Å². The van der Waals surface area contributed by atoms with Crippen LogP contribution in [-0.2, 0) is 14.8 Å². The molecule has 0 spiro atoms. The van der Waals surface area contributed by atoms with E-state index in [0.29, 0.717) is 22.2 Å². The Morgan fingerprint density at radius 3 is 2.47 bits per heavy atom. The number of anilines is 1. The SMILES string of the molecule is O=C(NCCOc1ccc(Cl)cc1)C1CN(S(=O)(=O)c2ccccc2)c2ccccc2O1. The van der Waals surface area contributed by atoms with E-state index < -0.39 is 22.0 Å². The van der Waals surface area contributed by atoms with E-state index in [1.807, 2.05) is 0 Å². The van der Waals surface area contributed by atoms with Crippen LogP contribution >= 0.6 is 11.6 Å². The maximum absolute atomic E-state index is 13.3. The number of carbonyl (C=O) groups is 1. The highest BCUT2D eigenvalue weighted by atomic mass is 35.5. The second-order valence-corrected chi connectivity index (χ2v) is 9.32. The quantitative estimate of drug-likeness (QED) is 0.532. The first-order valence-corrected chi connectivity index (χ1v) is 11.8. The van der Waals surface area contributed by atoms with Crippen molar-refractivity contribution in [2.75, 3.05) is 24.0 Å². The van der Waals surface area contributed by atoms with Crippen molar-refractivity contribution >= 4 is 33.2 Å². The van der Waals surface area contributed by atoms with Crippen molar-refractivity contribution in [3.8, 4) is 11.5 Å². The summed E-state index contributed by atoms with van der Waals surface area (Å²) in [5, 5.41) is 3.35. The monoisotopic (exact) mass is 472 g/mol. The fourth-order valence-corrected chi connectivity index (χ4v) is 4.90. The Labute approximate surface area is 191 Å². The van der Waals surface area contributed by atoms with Crippen LogP contribution in [0.3, 0.4) is 0 Å². The molecule has 1 N–H and O–H groups in total. The third kappa shape index (κ3) is 4.81. The molecular weight excluding hydrogens is 452 g/mol. The van der Waals surface area contributed by atoms with Crippen LogP contribution in [0.5, 0.6) is 11.5 Å². The number of benzene rings is 3. The third-order valence-electron chi connectivity index (χ3n) is 4.84. The van der Waals surface area contributed by atoms with E-state index >= 15 is 0 Å². The lowest BCUT2D eigenvalue weighted by Crippen LogP contribution is -2.51. The number of rotatable bonds is 7. The van der Waals surface area contributed by atoms with Crippen LogP contribution in [0.2, 0.25) is 5.02 Å². The van der Waals surface area contributed by atoms with Gasteiger partial charge in [0.2, 0.25) is 0 Å². The summed E-state index contributed by atoms with van der Waals surface area (Å²) < 4.78 is 39.1. The molecule has 0 saturated heterocycles. The molecule has 0 radical (unpaired) electrons. The van der Waals surface area contributed by atoms with Gasteiger partial charge in [0.15, 0.2) is 6.10 Å². The molecule has 32 heavy (non-hydrogen) atoms. The molecule has 1 aliphatic heterocycles. The highest BCUT2D eigenvalue weighted by molar-refractivity contribution is 7.92. The second kappa shape index (κ2) is 9.50. The molecular formula is C23H21ClN2O5S. The largest absolute Gasteiger partial charge is 0.492 e. The average Bonchev–Trinajstić information content (AvgIpc) is 2.82. The summed E-state index contributed by atoms with van der Waals surface area (Å²) in [7, 11) is -3.87. The van der Waals surface area contributed by atoms with Crippen molar-refractivity contribution in [1.29, 1.82) is 0 Å². The van der Waals surface area contributed by atoms with E-state index in [4.69, 9.17) is 21.1 Å². The number of ether oxygens (including phenoxy) is 2. The molecule has 0 fully saturated rings. The first-order valence-electron chi connectivity index (χ1n) is 9.95. The molecule has 1 heterocycles. The first kappa shape index (κ1) is 22.0. The molecule has 0 aliphatic carbocycles. The lowest BCUT2D eigenvalue weighted by atomic mass is 10.2. The summed E-state index contributed by atoms with van der Waals surface area (Å²) in [5.41, 5.74) is 0.395. The van der Waals surface area contributed by atoms with Gasteiger partial charge in [0.05, 0.1) is 23.7 Å². The fourth-order valence-electron chi connectivity index (χ4n) is 3.27. The molecule has 4 rings (SSSR count). The predicted octanol–water partition coefficient (Wildman–Crippen LogP) is 3.49. The van der Waals surface area contributed by atoms with E-state index in [9.17, 15) is 13.2 Å². The Bertz CT molecular complexity index is 1190. The Hall–Kier alpha value is -3.23. The van der Waals surface area contributed by atoms with Crippen molar-refractivity contribution in [3.63, 3.8) is 0 Å². The number of carbonyl (C=O) groups excluding carboxylic acids is 1. The van der Waals surface area contributed by atoms with Crippen molar-refractivity contribution in [1.82, 2.24) is 5.32 Å². The molecule has 9 heteroatoms. The molecule has 0 saturated carbocycles. The zero-order chi connectivity index (χ0) is 22.6. The van der Waals surface area contributed by atoms with E-state index in [1.165, 1.54) is 16.4 Å². The minimum Gasteiger partial charge on any atom is -0.492 e. The standard InChI is InChI=1S/C23H21ClN2O5S/c24-17-10-12-18(13-11-17)30-15-14-25-23(27)22-16-26(20-8-4-5-9-21(20)31-22)32(28,29)19-6-2-1-3-7-19/h1-13,22H,14-16H2,(H,25,27). The fraction of sp³-hybridized carbons (Fsp3) is 0.174. The van der Waals surface area contributed by atoms with Gasteiger partial charge in [-0.1, -0.05) is 41.9 Å². The highest BCUT2D eigenvalue weighted by Gasteiger charge is 2.37. The summed E-state index contributed by atoms with van der Waals surface area (Å²) >= 11 is 5.85. The number of hydrogen-bond donors (Lipinski definition) is 1. The normalized spacial score (nSPS) is 15.4. The molecule has 1 amide bonds. The molecule has 0 bridgehead atoms. The van der Waals surface area contributed by atoms with Gasteiger partial charge in [-0.05, 0) is 48.5 Å². The number of nitrogens with one attached hydrogen (secondary N) is 1.